The lowest BCUT2D eigenvalue weighted by Gasteiger charge is -2.10. The van der Waals surface area contributed by atoms with Gasteiger partial charge in [-0.1, -0.05) is 6.07 Å². The molecule has 0 radical (unpaired) electrons. The van der Waals surface area contributed by atoms with Gasteiger partial charge < -0.3 is 15.5 Å². The minimum atomic E-state index is -0.917. The lowest BCUT2D eigenvalue weighted by Crippen LogP contribution is -2.15. The molecule has 4 nitrogen and oxygen atoms in total. The Kier molecular flexibility index (Phi) is 3.56. The normalized spacial score (nSPS) is 10.3. The number of amides is 1. The maximum absolute atomic E-state index is 13.7. The standard InChI is InChI=1S/C14H11F2NO3/c1-7-2-5-10(15)13(12(7)16)17-14(20)9-4-3-8(18)6-11(9)19/h2-6,18-19H,1H3,(H,17,20). The molecule has 0 atom stereocenters. The number of benzene rings is 2. The van der Waals surface area contributed by atoms with Crippen molar-refractivity contribution in [2.45, 2.75) is 6.92 Å². The molecule has 104 valence electrons. The number of nitrogens with one attached hydrogen (secondary N) is 1. The molecule has 2 rings (SSSR count). The van der Waals surface area contributed by atoms with Gasteiger partial charge in [-0.05, 0) is 30.7 Å². The Balaban J connectivity index is 2.35. The zero-order valence-electron chi connectivity index (χ0n) is 10.4. The fourth-order valence-electron chi connectivity index (χ4n) is 1.66. The van der Waals surface area contributed by atoms with Crippen molar-refractivity contribution in [2.24, 2.45) is 0 Å². The van der Waals surface area contributed by atoms with E-state index >= 15 is 0 Å². The molecule has 0 aliphatic carbocycles. The van der Waals surface area contributed by atoms with Crippen LogP contribution in [0.5, 0.6) is 11.5 Å². The van der Waals surface area contributed by atoms with Crippen LogP contribution in [0.25, 0.3) is 0 Å². The van der Waals surface area contributed by atoms with Gasteiger partial charge in [0, 0.05) is 6.07 Å². The predicted molar refractivity (Wildman–Crippen MR) is 68.8 cm³/mol. The number of phenolic OH excluding ortho intramolecular Hbond substituents is 2. The molecule has 0 spiro atoms. The van der Waals surface area contributed by atoms with Gasteiger partial charge in [0.25, 0.3) is 5.91 Å². The molecule has 2 aromatic rings. The fourth-order valence-corrected chi connectivity index (χ4v) is 1.66. The van der Waals surface area contributed by atoms with Crippen LogP contribution >= 0.6 is 0 Å². The van der Waals surface area contributed by atoms with E-state index in [1.165, 1.54) is 19.1 Å². The maximum Gasteiger partial charge on any atom is 0.259 e. The lowest BCUT2D eigenvalue weighted by atomic mass is 10.1. The van der Waals surface area contributed by atoms with Gasteiger partial charge in [0.1, 0.15) is 23.0 Å². The van der Waals surface area contributed by atoms with Crippen molar-refractivity contribution in [2.75, 3.05) is 5.32 Å². The summed E-state index contributed by atoms with van der Waals surface area (Å²) in [4.78, 5) is 11.9. The Bertz CT molecular complexity index is 686. The van der Waals surface area contributed by atoms with Crippen LogP contribution in [0.2, 0.25) is 0 Å². The van der Waals surface area contributed by atoms with Gasteiger partial charge in [0.15, 0.2) is 5.82 Å². The van der Waals surface area contributed by atoms with Crippen LogP contribution in [0.4, 0.5) is 14.5 Å². The molecule has 1 amide bonds. The quantitative estimate of drug-likeness (QED) is 0.791. The van der Waals surface area contributed by atoms with Gasteiger partial charge in [-0.25, -0.2) is 8.78 Å². The highest BCUT2D eigenvalue weighted by atomic mass is 19.1. The molecule has 2 aromatic carbocycles. The van der Waals surface area contributed by atoms with Crippen LogP contribution in [0.15, 0.2) is 30.3 Å². The number of hydrogen-bond acceptors (Lipinski definition) is 3. The Labute approximate surface area is 113 Å². The summed E-state index contributed by atoms with van der Waals surface area (Å²) in [6.45, 7) is 1.43. The number of carbonyl (C=O) groups excluding carboxylic acids is 1. The van der Waals surface area contributed by atoms with Crippen molar-refractivity contribution in [3.8, 4) is 11.5 Å². The molecule has 0 saturated heterocycles. The highest BCUT2D eigenvalue weighted by Gasteiger charge is 2.17. The second-order valence-electron chi connectivity index (χ2n) is 4.21. The topological polar surface area (TPSA) is 69.6 Å². The summed E-state index contributed by atoms with van der Waals surface area (Å²) in [6, 6.07) is 5.56. The van der Waals surface area contributed by atoms with Gasteiger partial charge >= 0.3 is 0 Å². The number of hydrogen-bond donors (Lipinski definition) is 3. The zero-order chi connectivity index (χ0) is 14.9. The Morgan fingerprint density at radius 3 is 2.50 bits per heavy atom. The number of phenols is 2. The molecular weight excluding hydrogens is 268 g/mol. The first-order chi connectivity index (χ1) is 9.40. The molecule has 0 saturated carbocycles. The molecule has 6 heteroatoms. The third kappa shape index (κ3) is 2.54. The molecule has 20 heavy (non-hydrogen) atoms. The van der Waals surface area contributed by atoms with Crippen molar-refractivity contribution in [1.29, 1.82) is 0 Å². The first-order valence-corrected chi connectivity index (χ1v) is 5.68. The SMILES string of the molecule is Cc1ccc(F)c(NC(=O)c2ccc(O)cc2O)c1F. The van der Waals surface area contributed by atoms with E-state index in [4.69, 9.17) is 5.11 Å². The highest BCUT2D eigenvalue weighted by Crippen LogP contribution is 2.26. The van der Waals surface area contributed by atoms with E-state index in [0.717, 1.165) is 18.2 Å². The summed E-state index contributed by atoms with van der Waals surface area (Å²) < 4.78 is 27.3. The maximum atomic E-state index is 13.7. The van der Waals surface area contributed by atoms with Crippen LogP contribution in [-0.4, -0.2) is 16.1 Å². The number of aryl methyl sites for hydroxylation is 1. The minimum Gasteiger partial charge on any atom is -0.508 e. The summed E-state index contributed by atoms with van der Waals surface area (Å²) in [7, 11) is 0. The van der Waals surface area contributed by atoms with E-state index in [-0.39, 0.29) is 16.9 Å². The summed E-state index contributed by atoms with van der Waals surface area (Å²) in [5, 5.41) is 20.7. The van der Waals surface area contributed by atoms with E-state index in [0.29, 0.717) is 0 Å². The summed E-state index contributed by atoms with van der Waals surface area (Å²) in [5.74, 6) is -3.40. The molecule has 0 fully saturated rings. The molecule has 0 aromatic heterocycles. The number of aromatic hydroxyl groups is 2. The average Bonchev–Trinajstić information content (AvgIpc) is 2.39. The Hall–Kier alpha value is -2.63. The molecule has 0 aliphatic rings. The number of halogens is 2. The molecule has 0 bridgehead atoms. The van der Waals surface area contributed by atoms with E-state index in [1.807, 2.05) is 0 Å². The van der Waals surface area contributed by atoms with Gasteiger partial charge in [-0.2, -0.15) is 0 Å². The summed E-state index contributed by atoms with van der Waals surface area (Å²) in [6.07, 6.45) is 0. The third-order valence-electron chi connectivity index (χ3n) is 2.75. The van der Waals surface area contributed by atoms with Gasteiger partial charge in [-0.15, -0.1) is 0 Å². The Morgan fingerprint density at radius 2 is 1.85 bits per heavy atom. The van der Waals surface area contributed by atoms with Gasteiger partial charge in [0.2, 0.25) is 0 Å². The van der Waals surface area contributed by atoms with E-state index in [9.17, 15) is 18.7 Å². The smallest absolute Gasteiger partial charge is 0.259 e. The molecule has 3 N–H and O–H groups in total. The second kappa shape index (κ2) is 5.16. The first kappa shape index (κ1) is 13.8. The third-order valence-corrected chi connectivity index (χ3v) is 2.75. The fraction of sp³-hybridized carbons (Fsp3) is 0.0714. The summed E-state index contributed by atoms with van der Waals surface area (Å²) in [5.41, 5.74) is -0.609. The van der Waals surface area contributed by atoms with Gasteiger partial charge in [0.05, 0.1) is 5.56 Å². The highest BCUT2D eigenvalue weighted by molar-refractivity contribution is 6.06. The number of carbonyl (C=O) groups is 1. The predicted octanol–water partition coefficient (Wildman–Crippen LogP) is 2.94. The number of rotatable bonds is 2. The van der Waals surface area contributed by atoms with Crippen molar-refractivity contribution in [1.82, 2.24) is 0 Å². The van der Waals surface area contributed by atoms with Crippen LogP contribution < -0.4 is 5.32 Å². The number of anilines is 1. The van der Waals surface area contributed by atoms with Gasteiger partial charge in [-0.3, -0.25) is 4.79 Å². The molecular formula is C14H11F2NO3. The van der Waals surface area contributed by atoms with Crippen molar-refractivity contribution >= 4 is 11.6 Å². The average molecular weight is 279 g/mol. The van der Waals surface area contributed by atoms with Crippen LogP contribution in [0.1, 0.15) is 15.9 Å². The van der Waals surface area contributed by atoms with E-state index in [1.54, 1.807) is 0 Å². The monoisotopic (exact) mass is 279 g/mol. The van der Waals surface area contributed by atoms with Crippen LogP contribution in [0, 0.1) is 18.6 Å². The zero-order valence-corrected chi connectivity index (χ0v) is 10.4. The first-order valence-electron chi connectivity index (χ1n) is 5.68. The van der Waals surface area contributed by atoms with Crippen molar-refractivity contribution in [3.05, 3.63) is 53.1 Å². The van der Waals surface area contributed by atoms with E-state index in [2.05, 4.69) is 5.32 Å². The largest absolute Gasteiger partial charge is 0.508 e. The van der Waals surface area contributed by atoms with Crippen LogP contribution in [0.3, 0.4) is 0 Å². The van der Waals surface area contributed by atoms with Crippen LogP contribution in [-0.2, 0) is 0 Å². The molecule has 0 aliphatic heterocycles. The van der Waals surface area contributed by atoms with Crippen molar-refractivity contribution in [3.63, 3.8) is 0 Å². The van der Waals surface area contributed by atoms with E-state index < -0.39 is 29.0 Å². The lowest BCUT2D eigenvalue weighted by molar-refractivity contribution is 0.102. The Morgan fingerprint density at radius 1 is 1.15 bits per heavy atom. The molecule has 0 heterocycles. The summed E-state index contributed by atoms with van der Waals surface area (Å²) >= 11 is 0. The minimum absolute atomic E-state index is 0.177. The van der Waals surface area contributed by atoms with Crippen molar-refractivity contribution < 1.29 is 23.8 Å². The second-order valence-corrected chi connectivity index (χ2v) is 4.21. The molecule has 0 unspecified atom stereocenters.